The number of nitrogens with one attached hydrogen (secondary N) is 1. The molecule has 1 aromatic carbocycles. The summed E-state index contributed by atoms with van der Waals surface area (Å²) in [5.74, 6) is 1.85. The Kier molecular flexibility index (Phi) is 9.99. The molecule has 2 heterocycles. The van der Waals surface area contributed by atoms with Crippen LogP contribution in [0.2, 0.25) is 0 Å². The van der Waals surface area contributed by atoms with Gasteiger partial charge in [0.2, 0.25) is 0 Å². The number of piperidine rings is 1. The lowest BCUT2D eigenvalue weighted by molar-refractivity contribution is -0.119. The van der Waals surface area contributed by atoms with E-state index in [2.05, 4.69) is 20.1 Å². The third-order valence-electron chi connectivity index (χ3n) is 5.49. The molecule has 0 radical (unpaired) electrons. The van der Waals surface area contributed by atoms with Gasteiger partial charge in [0, 0.05) is 33.2 Å². The summed E-state index contributed by atoms with van der Waals surface area (Å²) in [6.45, 7) is 6.42. The average Bonchev–Trinajstić information content (AvgIpc) is 3.16. The third kappa shape index (κ3) is 7.65. The van der Waals surface area contributed by atoms with Gasteiger partial charge in [0.05, 0.1) is 0 Å². The second-order valence-corrected chi connectivity index (χ2v) is 7.77. The average molecular weight is 515 g/mol. The summed E-state index contributed by atoms with van der Waals surface area (Å²) in [4.78, 5) is 20.3. The highest BCUT2D eigenvalue weighted by Gasteiger charge is 2.26. The Morgan fingerprint density at radius 1 is 1.28 bits per heavy atom. The Balaban J connectivity index is 0.00000300. The van der Waals surface area contributed by atoms with Gasteiger partial charge >= 0.3 is 0 Å². The number of hydrogen-bond donors (Lipinski definition) is 2. The van der Waals surface area contributed by atoms with Gasteiger partial charge in [0.25, 0.3) is 5.91 Å². The van der Waals surface area contributed by atoms with Crippen molar-refractivity contribution in [2.45, 2.75) is 32.2 Å². The van der Waals surface area contributed by atoms with Crippen LogP contribution in [-0.4, -0.2) is 68.0 Å². The first-order chi connectivity index (χ1) is 13.6. The maximum absolute atomic E-state index is 10.9. The molecule has 29 heavy (non-hydrogen) atoms. The van der Waals surface area contributed by atoms with Crippen molar-refractivity contribution >= 4 is 35.8 Å². The van der Waals surface area contributed by atoms with Crippen LogP contribution in [0, 0.1) is 5.92 Å². The number of rotatable bonds is 7. The second kappa shape index (κ2) is 12.2. The first-order valence-electron chi connectivity index (χ1n) is 10.3. The Morgan fingerprint density at radius 3 is 2.79 bits per heavy atom. The van der Waals surface area contributed by atoms with Crippen molar-refractivity contribution in [2.24, 2.45) is 16.6 Å². The monoisotopic (exact) mass is 515 g/mol. The van der Waals surface area contributed by atoms with Crippen LogP contribution in [0.1, 0.15) is 31.2 Å². The van der Waals surface area contributed by atoms with Crippen LogP contribution in [0.4, 0.5) is 0 Å². The molecule has 8 heteroatoms. The highest BCUT2D eigenvalue weighted by molar-refractivity contribution is 14.0. The number of likely N-dealkylation sites (tertiary alicyclic amines) is 2. The smallest absolute Gasteiger partial charge is 0.255 e. The fourth-order valence-corrected chi connectivity index (χ4v) is 4.09. The third-order valence-corrected chi connectivity index (χ3v) is 5.49. The van der Waals surface area contributed by atoms with Crippen molar-refractivity contribution in [3.8, 4) is 5.75 Å². The van der Waals surface area contributed by atoms with E-state index in [4.69, 9.17) is 10.5 Å². The van der Waals surface area contributed by atoms with Crippen molar-refractivity contribution in [1.29, 1.82) is 0 Å². The normalized spacial score (nSPS) is 20.2. The number of amides is 1. The molecule has 0 aliphatic carbocycles. The zero-order chi connectivity index (χ0) is 19.8. The summed E-state index contributed by atoms with van der Waals surface area (Å²) in [6.07, 6.45) is 5.32. The molecular weight excluding hydrogens is 481 g/mol. The van der Waals surface area contributed by atoms with Crippen LogP contribution in [0.5, 0.6) is 5.75 Å². The molecule has 0 saturated carbocycles. The summed E-state index contributed by atoms with van der Waals surface area (Å²) in [6, 6.07) is 7.69. The predicted molar refractivity (Wildman–Crippen MR) is 127 cm³/mol. The molecule has 0 bridgehead atoms. The first-order valence-corrected chi connectivity index (χ1v) is 10.3. The Morgan fingerprint density at radius 2 is 2.07 bits per heavy atom. The zero-order valence-electron chi connectivity index (χ0n) is 17.3. The van der Waals surface area contributed by atoms with Gasteiger partial charge < -0.3 is 25.6 Å². The van der Waals surface area contributed by atoms with E-state index in [-0.39, 0.29) is 30.6 Å². The minimum atomic E-state index is -0.475. The maximum Gasteiger partial charge on any atom is 0.255 e. The molecule has 1 amide bonds. The number of guanidine groups is 1. The summed E-state index contributed by atoms with van der Waals surface area (Å²) in [5, 5.41) is 3.46. The van der Waals surface area contributed by atoms with E-state index < -0.39 is 5.91 Å². The molecule has 7 nitrogen and oxygen atoms in total. The molecule has 162 valence electrons. The molecule has 2 aliphatic rings. The number of carbonyl (C=O) groups is 1. The van der Waals surface area contributed by atoms with Gasteiger partial charge in [0.1, 0.15) is 5.75 Å². The van der Waals surface area contributed by atoms with Gasteiger partial charge in [-0.2, -0.15) is 0 Å². The van der Waals surface area contributed by atoms with E-state index >= 15 is 0 Å². The van der Waals surface area contributed by atoms with Crippen LogP contribution in [-0.2, 0) is 11.3 Å². The molecular formula is C21H34IN5O2. The van der Waals surface area contributed by atoms with Gasteiger partial charge in [-0.3, -0.25) is 9.79 Å². The van der Waals surface area contributed by atoms with Crippen LogP contribution in [0.3, 0.4) is 0 Å². The predicted octanol–water partition coefficient (Wildman–Crippen LogP) is 2.05. The largest absolute Gasteiger partial charge is 0.484 e. The minimum absolute atomic E-state index is 0. The molecule has 0 spiro atoms. The summed E-state index contributed by atoms with van der Waals surface area (Å²) < 4.78 is 5.38. The highest BCUT2D eigenvalue weighted by atomic mass is 127. The minimum Gasteiger partial charge on any atom is -0.484 e. The summed E-state index contributed by atoms with van der Waals surface area (Å²) in [7, 11) is 1.84. The number of aliphatic imine (C=N–C) groups is 1. The van der Waals surface area contributed by atoms with Crippen LogP contribution in [0.25, 0.3) is 0 Å². The number of primary amides is 1. The number of benzene rings is 1. The van der Waals surface area contributed by atoms with Crippen molar-refractivity contribution < 1.29 is 9.53 Å². The Bertz CT molecular complexity index is 679. The molecule has 3 N–H and O–H groups in total. The molecule has 1 aromatic rings. The lowest BCUT2D eigenvalue weighted by atomic mass is 10.1. The Hall–Kier alpha value is -1.55. The van der Waals surface area contributed by atoms with Crippen LogP contribution in [0.15, 0.2) is 29.3 Å². The fourth-order valence-electron chi connectivity index (χ4n) is 4.09. The number of hydrogen-bond acceptors (Lipinski definition) is 4. The van der Waals surface area contributed by atoms with Crippen LogP contribution >= 0.6 is 24.0 Å². The molecule has 2 saturated heterocycles. The number of halogens is 1. The molecule has 0 aromatic heterocycles. The van der Waals surface area contributed by atoms with E-state index in [9.17, 15) is 4.79 Å². The lowest BCUT2D eigenvalue weighted by Crippen LogP contribution is -2.41. The molecule has 1 unspecified atom stereocenters. The van der Waals surface area contributed by atoms with Crippen molar-refractivity contribution in [2.75, 3.05) is 46.4 Å². The number of ether oxygens (including phenoxy) is 1. The van der Waals surface area contributed by atoms with E-state index in [0.717, 1.165) is 30.5 Å². The van der Waals surface area contributed by atoms with Gasteiger partial charge in [-0.1, -0.05) is 18.6 Å². The van der Waals surface area contributed by atoms with Crippen molar-refractivity contribution in [1.82, 2.24) is 15.1 Å². The standard InChI is InChI=1S/C21H33N5O2.HI/c1-23-21(24-13-17-6-5-7-19(12-17)28-16-20(22)27)26-11-8-18(15-26)14-25-9-3-2-4-10-25;/h5-7,12,18H,2-4,8-11,13-16H2,1H3,(H2,22,27)(H,23,24);1H. The van der Waals surface area contributed by atoms with E-state index in [1.807, 2.05) is 31.3 Å². The SMILES string of the molecule is CN=C(NCc1cccc(OCC(N)=O)c1)N1CCC(CN2CCCCC2)C1.I. The maximum atomic E-state index is 10.9. The number of carbonyl (C=O) groups excluding carboxylic acids is 1. The zero-order valence-corrected chi connectivity index (χ0v) is 19.6. The van der Waals surface area contributed by atoms with E-state index in [1.54, 1.807) is 0 Å². The van der Waals surface area contributed by atoms with Crippen molar-refractivity contribution in [3.63, 3.8) is 0 Å². The van der Waals surface area contributed by atoms with E-state index in [0.29, 0.717) is 12.3 Å². The Labute approximate surface area is 191 Å². The molecule has 1 atom stereocenters. The van der Waals surface area contributed by atoms with Gasteiger partial charge in [-0.15, -0.1) is 24.0 Å². The topological polar surface area (TPSA) is 83.2 Å². The van der Waals surface area contributed by atoms with Crippen LogP contribution < -0.4 is 15.8 Å². The van der Waals surface area contributed by atoms with Gasteiger partial charge in [-0.05, 0) is 56.0 Å². The van der Waals surface area contributed by atoms with Gasteiger partial charge in [-0.25, -0.2) is 0 Å². The van der Waals surface area contributed by atoms with E-state index in [1.165, 1.54) is 45.3 Å². The molecule has 3 rings (SSSR count). The summed E-state index contributed by atoms with van der Waals surface area (Å²) >= 11 is 0. The number of nitrogens with zero attached hydrogens (tertiary/aromatic N) is 3. The van der Waals surface area contributed by atoms with Gasteiger partial charge in [0.15, 0.2) is 12.6 Å². The molecule has 2 aliphatic heterocycles. The fraction of sp³-hybridized carbons (Fsp3) is 0.619. The summed E-state index contributed by atoms with van der Waals surface area (Å²) in [5.41, 5.74) is 6.21. The quantitative estimate of drug-likeness (QED) is 0.330. The number of nitrogens with two attached hydrogens (primary N) is 1. The second-order valence-electron chi connectivity index (χ2n) is 7.77. The van der Waals surface area contributed by atoms with Crippen molar-refractivity contribution in [3.05, 3.63) is 29.8 Å². The lowest BCUT2D eigenvalue weighted by Gasteiger charge is -2.29. The molecule has 2 fully saturated rings. The first kappa shape index (κ1) is 23.7. The highest BCUT2D eigenvalue weighted by Crippen LogP contribution is 2.20.